The molecule has 1 aliphatic rings. The Morgan fingerprint density at radius 2 is 1.77 bits per heavy atom. The molecule has 0 amide bonds. The van der Waals surface area contributed by atoms with Gasteiger partial charge in [0.1, 0.15) is 6.10 Å². The van der Waals surface area contributed by atoms with Crippen LogP contribution in [-0.2, 0) is 9.53 Å². The van der Waals surface area contributed by atoms with E-state index in [0.29, 0.717) is 5.92 Å². The summed E-state index contributed by atoms with van der Waals surface area (Å²) in [6.07, 6.45) is 10.1. The van der Waals surface area contributed by atoms with Gasteiger partial charge in [0.15, 0.2) is 0 Å². The van der Waals surface area contributed by atoms with Crippen LogP contribution in [0, 0.1) is 0 Å². The predicted molar refractivity (Wildman–Crippen MR) is 109 cm³/mol. The Morgan fingerprint density at radius 1 is 1.08 bits per heavy atom. The molecule has 0 radical (unpaired) electrons. The minimum atomic E-state index is -0.235. The van der Waals surface area contributed by atoms with Crippen LogP contribution in [0.25, 0.3) is 0 Å². The second kappa shape index (κ2) is 9.56. The molecule has 26 heavy (non-hydrogen) atoms. The van der Waals surface area contributed by atoms with Crippen molar-refractivity contribution in [1.82, 2.24) is 0 Å². The summed E-state index contributed by atoms with van der Waals surface area (Å²) in [4.78, 5) is 12.1. The van der Waals surface area contributed by atoms with Crippen LogP contribution in [0.15, 0.2) is 59.2 Å². The van der Waals surface area contributed by atoms with Crippen molar-refractivity contribution >= 4 is 5.97 Å². The van der Waals surface area contributed by atoms with Crippen molar-refractivity contribution in [1.29, 1.82) is 0 Å². The smallest absolute Gasteiger partial charge is 0.334 e. The highest BCUT2D eigenvalue weighted by atomic mass is 16.5. The van der Waals surface area contributed by atoms with E-state index in [4.69, 9.17) is 4.74 Å². The van der Waals surface area contributed by atoms with Crippen LogP contribution in [0.2, 0.25) is 0 Å². The molecular formula is C24H32O2. The van der Waals surface area contributed by atoms with Crippen LogP contribution >= 0.6 is 0 Å². The average molecular weight is 353 g/mol. The van der Waals surface area contributed by atoms with Crippen molar-refractivity contribution in [2.45, 2.75) is 72.3 Å². The van der Waals surface area contributed by atoms with Gasteiger partial charge in [0.05, 0.1) is 0 Å². The average Bonchev–Trinajstić information content (AvgIpc) is 2.95. The summed E-state index contributed by atoms with van der Waals surface area (Å²) in [6.45, 7) is 10.8. The fraction of sp³-hybridized carbons (Fsp3) is 0.458. The molecule has 0 unspecified atom stereocenters. The summed E-state index contributed by atoms with van der Waals surface area (Å²) >= 11 is 0. The van der Waals surface area contributed by atoms with Gasteiger partial charge in [-0.05, 0) is 69.6 Å². The summed E-state index contributed by atoms with van der Waals surface area (Å²) in [5.74, 6) is 0.339. The van der Waals surface area contributed by atoms with Crippen LogP contribution in [0.1, 0.15) is 83.5 Å². The monoisotopic (exact) mass is 352 g/mol. The summed E-state index contributed by atoms with van der Waals surface area (Å²) in [7, 11) is 0. The zero-order chi connectivity index (χ0) is 19.1. The van der Waals surface area contributed by atoms with E-state index in [1.54, 1.807) is 0 Å². The lowest BCUT2D eigenvalue weighted by Crippen LogP contribution is -2.02. The number of rotatable bonds is 8. The van der Waals surface area contributed by atoms with E-state index in [2.05, 4.69) is 71.0 Å². The highest BCUT2D eigenvalue weighted by molar-refractivity contribution is 5.91. The summed E-state index contributed by atoms with van der Waals surface area (Å²) in [5.41, 5.74) is 5.90. The molecule has 1 atom stereocenters. The Morgan fingerprint density at radius 3 is 2.38 bits per heavy atom. The maximum absolute atomic E-state index is 12.1. The Labute approximate surface area is 158 Å². The maximum atomic E-state index is 12.1. The lowest BCUT2D eigenvalue weighted by atomic mass is 9.99. The number of carbonyl (C=O) groups excluding carboxylic acids is 1. The van der Waals surface area contributed by atoms with Gasteiger partial charge in [-0.1, -0.05) is 61.4 Å². The Balaban J connectivity index is 1.90. The van der Waals surface area contributed by atoms with E-state index in [1.165, 1.54) is 16.7 Å². The molecule has 1 aliphatic heterocycles. The van der Waals surface area contributed by atoms with Gasteiger partial charge in [-0.2, -0.15) is 0 Å². The van der Waals surface area contributed by atoms with Gasteiger partial charge in [-0.3, -0.25) is 0 Å². The van der Waals surface area contributed by atoms with Crippen molar-refractivity contribution < 1.29 is 9.53 Å². The first kappa shape index (κ1) is 20.2. The minimum absolute atomic E-state index is 0.168. The normalized spacial score (nSPS) is 17.3. The molecule has 0 spiro atoms. The molecule has 2 heteroatoms. The number of carbonyl (C=O) groups is 1. The van der Waals surface area contributed by atoms with E-state index in [-0.39, 0.29) is 12.1 Å². The molecule has 0 fully saturated rings. The Bertz CT molecular complexity index is 698. The highest BCUT2D eigenvalue weighted by Crippen LogP contribution is 2.30. The molecule has 0 saturated carbocycles. The number of esters is 1. The quantitative estimate of drug-likeness (QED) is 0.379. The van der Waals surface area contributed by atoms with Crippen molar-refractivity contribution in [2.75, 3.05) is 0 Å². The summed E-state index contributed by atoms with van der Waals surface area (Å²) < 4.78 is 5.55. The van der Waals surface area contributed by atoms with Gasteiger partial charge in [0, 0.05) is 5.57 Å². The van der Waals surface area contributed by atoms with Crippen molar-refractivity contribution in [3.8, 4) is 0 Å². The standard InChI is InChI=1S/C24H32O2/c1-17(2)8-6-9-19(5)10-7-11-22-16-23(26-24(22)25)21-14-12-20(13-15-21)18(3)4/h8,10,12-16,18,23H,6-7,9,11H2,1-5H3/b19-10+/t23-/m0/s1. The lowest BCUT2D eigenvalue weighted by molar-refractivity contribution is -0.140. The predicted octanol–water partition coefficient (Wildman–Crippen LogP) is 6.81. The number of allylic oxidation sites excluding steroid dienone is 4. The van der Waals surface area contributed by atoms with Crippen molar-refractivity contribution in [3.05, 3.63) is 70.3 Å². The second-order valence-corrected chi connectivity index (χ2v) is 7.75. The zero-order valence-corrected chi connectivity index (χ0v) is 16.8. The molecule has 0 N–H and O–H groups in total. The van der Waals surface area contributed by atoms with Crippen LogP contribution in [0.4, 0.5) is 0 Å². The number of hydrogen-bond donors (Lipinski definition) is 0. The molecule has 1 aromatic carbocycles. The van der Waals surface area contributed by atoms with E-state index in [1.807, 2.05) is 6.08 Å². The molecule has 0 aromatic heterocycles. The van der Waals surface area contributed by atoms with Crippen LogP contribution in [-0.4, -0.2) is 5.97 Å². The molecule has 2 nitrogen and oxygen atoms in total. The topological polar surface area (TPSA) is 26.3 Å². The number of ether oxygens (including phenoxy) is 1. The maximum Gasteiger partial charge on any atom is 0.334 e. The van der Waals surface area contributed by atoms with E-state index < -0.39 is 0 Å². The molecule has 1 heterocycles. The fourth-order valence-corrected chi connectivity index (χ4v) is 3.06. The fourth-order valence-electron chi connectivity index (χ4n) is 3.06. The molecular weight excluding hydrogens is 320 g/mol. The van der Waals surface area contributed by atoms with Gasteiger partial charge in [0.2, 0.25) is 0 Å². The Hall–Kier alpha value is -2.09. The van der Waals surface area contributed by atoms with Gasteiger partial charge >= 0.3 is 5.97 Å². The minimum Gasteiger partial charge on any atom is -0.450 e. The van der Waals surface area contributed by atoms with Crippen molar-refractivity contribution in [3.63, 3.8) is 0 Å². The third kappa shape index (κ3) is 6.01. The Kier molecular flexibility index (Phi) is 7.44. The molecule has 140 valence electrons. The van der Waals surface area contributed by atoms with Gasteiger partial charge in [-0.15, -0.1) is 0 Å². The van der Waals surface area contributed by atoms with Crippen LogP contribution in [0.5, 0.6) is 0 Å². The molecule has 1 aromatic rings. The molecule has 0 saturated heterocycles. The largest absolute Gasteiger partial charge is 0.450 e. The number of cyclic esters (lactones) is 1. The second-order valence-electron chi connectivity index (χ2n) is 7.75. The first-order chi connectivity index (χ1) is 12.4. The zero-order valence-electron chi connectivity index (χ0n) is 16.8. The SMILES string of the molecule is CC(C)=CCC/C(C)=C/CCC1=C[C@@H](c2ccc(C(C)C)cc2)OC1=O. The van der Waals surface area contributed by atoms with Crippen LogP contribution in [0.3, 0.4) is 0 Å². The highest BCUT2D eigenvalue weighted by Gasteiger charge is 2.25. The van der Waals surface area contributed by atoms with Gasteiger partial charge < -0.3 is 4.74 Å². The third-order valence-corrected chi connectivity index (χ3v) is 4.78. The first-order valence-electron chi connectivity index (χ1n) is 9.67. The third-order valence-electron chi connectivity index (χ3n) is 4.78. The van der Waals surface area contributed by atoms with Gasteiger partial charge in [-0.25, -0.2) is 4.79 Å². The van der Waals surface area contributed by atoms with Gasteiger partial charge in [0.25, 0.3) is 0 Å². The van der Waals surface area contributed by atoms with Crippen molar-refractivity contribution in [2.24, 2.45) is 0 Å². The van der Waals surface area contributed by atoms with Crippen LogP contribution < -0.4 is 0 Å². The van der Waals surface area contributed by atoms with E-state index in [0.717, 1.165) is 36.8 Å². The molecule has 2 rings (SSSR count). The summed E-state index contributed by atoms with van der Waals surface area (Å²) in [6, 6.07) is 8.39. The first-order valence-corrected chi connectivity index (χ1v) is 9.67. The molecule has 0 bridgehead atoms. The number of benzene rings is 1. The van der Waals surface area contributed by atoms with E-state index >= 15 is 0 Å². The number of hydrogen-bond acceptors (Lipinski definition) is 2. The lowest BCUT2D eigenvalue weighted by Gasteiger charge is -2.10. The van der Waals surface area contributed by atoms with E-state index in [9.17, 15) is 4.79 Å². The molecule has 0 aliphatic carbocycles. The summed E-state index contributed by atoms with van der Waals surface area (Å²) in [5, 5.41) is 0.